The molecule has 0 aromatic heterocycles. The number of hydrazine groups is 1. The summed E-state index contributed by atoms with van der Waals surface area (Å²) in [5, 5.41) is 13.9. The fourth-order valence-corrected chi connectivity index (χ4v) is 2.51. The predicted molar refractivity (Wildman–Crippen MR) is 82.1 cm³/mol. The highest BCUT2D eigenvalue weighted by Crippen LogP contribution is 2.19. The second kappa shape index (κ2) is 6.83. The van der Waals surface area contributed by atoms with E-state index in [1.165, 1.54) is 5.01 Å². The van der Waals surface area contributed by atoms with Crippen LogP contribution in [0.1, 0.15) is 6.42 Å². The summed E-state index contributed by atoms with van der Waals surface area (Å²) in [5.41, 5.74) is 7.25. The summed E-state index contributed by atoms with van der Waals surface area (Å²) in [6.07, 6.45) is 6.19. The number of hydrogen-bond donors (Lipinski definition) is 3. The summed E-state index contributed by atoms with van der Waals surface area (Å²) in [6.45, 7) is 2.88. The molecular weight excluding hydrogens is 322 g/mol. The Labute approximate surface area is 126 Å². The fraction of sp³-hybridized carbons (Fsp3) is 0.385. The van der Waals surface area contributed by atoms with E-state index in [4.69, 9.17) is 11.1 Å². The van der Waals surface area contributed by atoms with Crippen molar-refractivity contribution in [2.45, 2.75) is 6.42 Å². The molecule has 1 heterocycles. The molecule has 7 heteroatoms. The summed E-state index contributed by atoms with van der Waals surface area (Å²) in [5.74, 6) is -0.489. The standard InChI is InChI=1S/C13H18BrN5O/c14-9-10-1-3-11(4-2-10)12(20)19(13(15)16)18-7-5-17-6-8-18/h1,3-4,9,17H,2,5-8H2,(H3,15,16). The molecule has 1 saturated heterocycles. The third-order valence-electron chi connectivity index (χ3n) is 3.22. The van der Waals surface area contributed by atoms with E-state index in [0.29, 0.717) is 25.1 Å². The van der Waals surface area contributed by atoms with Crippen LogP contribution in [0.4, 0.5) is 0 Å². The molecule has 2 aliphatic rings. The zero-order valence-electron chi connectivity index (χ0n) is 11.1. The number of guanidine groups is 1. The summed E-state index contributed by atoms with van der Waals surface area (Å²) >= 11 is 3.28. The first-order valence-corrected chi connectivity index (χ1v) is 7.36. The molecule has 6 nitrogen and oxygen atoms in total. The molecule has 0 radical (unpaired) electrons. The predicted octanol–water partition coefficient (Wildman–Crippen LogP) is 0.694. The van der Waals surface area contributed by atoms with Crippen molar-refractivity contribution in [2.75, 3.05) is 26.2 Å². The number of nitrogens with zero attached hydrogens (tertiary/aromatic N) is 2. The van der Waals surface area contributed by atoms with Gasteiger partial charge in [0.05, 0.1) is 0 Å². The number of hydrogen-bond acceptors (Lipinski definition) is 4. The summed E-state index contributed by atoms with van der Waals surface area (Å²) in [6, 6.07) is 0. The smallest absolute Gasteiger partial charge is 0.275 e. The van der Waals surface area contributed by atoms with Crippen LogP contribution in [0.25, 0.3) is 0 Å². The van der Waals surface area contributed by atoms with Crippen molar-refractivity contribution in [1.29, 1.82) is 5.41 Å². The number of amides is 1. The van der Waals surface area contributed by atoms with E-state index in [0.717, 1.165) is 18.7 Å². The third kappa shape index (κ3) is 3.36. The van der Waals surface area contributed by atoms with E-state index >= 15 is 0 Å². The van der Waals surface area contributed by atoms with Crippen molar-refractivity contribution < 1.29 is 4.79 Å². The molecule has 4 N–H and O–H groups in total. The molecule has 1 aliphatic carbocycles. The molecule has 1 amide bonds. The first kappa shape index (κ1) is 15.0. The van der Waals surface area contributed by atoms with Gasteiger partial charge in [-0.3, -0.25) is 10.2 Å². The van der Waals surface area contributed by atoms with Gasteiger partial charge in [-0.2, -0.15) is 0 Å². The van der Waals surface area contributed by atoms with Crippen LogP contribution in [-0.4, -0.2) is 48.1 Å². The molecule has 1 fully saturated rings. The number of nitrogens with one attached hydrogen (secondary N) is 2. The number of nitrogens with two attached hydrogens (primary N) is 1. The molecule has 0 unspecified atom stereocenters. The van der Waals surface area contributed by atoms with Gasteiger partial charge in [-0.05, 0) is 23.1 Å². The van der Waals surface area contributed by atoms with Gasteiger partial charge in [-0.1, -0.05) is 28.1 Å². The molecule has 0 aromatic rings. The van der Waals surface area contributed by atoms with Crippen LogP contribution in [0.3, 0.4) is 0 Å². The molecule has 20 heavy (non-hydrogen) atoms. The minimum absolute atomic E-state index is 0.243. The lowest BCUT2D eigenvalue weighted by molar-refractivity contribution is -0.135. The molecule has 0 atom stereocenters. The van der Waals surface area contributed by atoms with Crippen molar-refractivity contribution in [3.05, 3.63) is 34.4 Å². The highest BCUT2D eigenvalue weighted by molar-refractivity contribution is 9.11. The van der Waals surface area contributed by atoms with Crippen molar-refractivity contribution in [3.63, 3.8) is 0 Å². The Bertz CT molecular complexity index is 491. The Hall–Kier alpha value is -1.44. The van der Waals surface area contributed by atoms with Crippen LogP contribution in [0, 0.1) is 5.41 Å². The molecule has 0 bridgehead atoms. The van der Waals surface area contributed by atoms with Gasteiger partial charge < -0.3 is 11.1 Å². The zero-order chi connectivity index (χ0) is 14.5. The largest absolute Gasteiger partial charge is 0.369 e. The molecule has 0 saturated carbocycles. The molecule has 2 rings (SSSR count). The average molecular weight is 340 g/mol. The number of allylic oxidation sites excluding steroid dienone is 3. The Morgan fingerprint density at radius 3 is 2.65 bits per heavy atom. The third-order valence-corrected chi connectivity index (χ3v) is 3.81. The number of piperazine rings is 1. The quantitative estimate of drug-likeness (QED) is 0.510. The second-order valence-corrected chi connectivity index (χ2v) is 5.04. The maximum absolute atomic E-state index is 12.5. The van der Waals surface area contributed by atoms with Gasteiger partial charge >= 0.3 is 0 Å². The molecule has 108 valence electrons. The van der Waals surface area contributed by atoms with Crippen LogP contribution < -0.4 is 11.1 Å². The maximum Gasteiger partial charge on any atom is 0.275 e. The topological polar surface area (TPSA) is 85.5 Å². The lowest BCUT2D eigenvalue weighted by atomic mass is 10.0. The van der Waals surface area contributed by atoms with E-state index in [9.17, 15) is 4.79 Å². The fourth-order valence-electron chi connectivity index (χ4n) is 2.17. The van der Waals surface area contributed by atoms with Crippen LogP contribution >= 0.6 is 15.9 Å². The molecule has 0 aromatic carbocycles. The number of halogens is 1. The van der Waals surface area contributed by atoms with Crippen LogP contribution in [0.2, 0.25) is 0 Å². The number of carbonyl (C=O) groups excluding carboxylic acids is 1. The Balaban J connectivity index is 2.14. The SMILES string of the molecule is N=C(N)N(C(=O)C1=CCC(=CBr)C=C1)N1CCNCC1. The second-order valence-electron chi connectivity index (χ2n) is 4.59. The molecule has 1 aliphatic heterocycles. The highest BCUT2D eigenvalue weighted by Gasteiger charge is 2.27. The minimum atomic E-state index is -0.246. The van der Waals surface area contributed by atoms with Crippen LogP contribution in [0.5, 0.6) is 0 Å². The summed E-state index contributed by atoms with van der Waals surface area (Å²) < 4.78 is 0. The number of carbonyl (C=O) groups is 1. The van der Waals surface area contributed by atoms with Gasteiger partial charge in [-0.25, -0.2) is 10.0 Å². The van der Waals surface area contributed by atoms with Crippen molar-refractivity contribution in [3.8, 4) is 0 Å². The van der Waals surface area contributed by atoms with Gasteiger partial charge in [0.1, 0.15) is 0 Å². The molecular formula is C13H18BrN5O. The van der Waals surface area contributed by atoms with Crippen molar-refractivity contribution in [1.82, 2.24) is 15.3 Å². The zero-order valence-corrected chi connectivity index (χ0v) is 12.7. The van der Waals surface area contributed by atoms with Gasteiger partial charge in [0.2, 0.25) is 5.96 Å². The van der Waals surface area contributed by atoms with Crippen LogP contribution in [0.15, 0.2) is 34.4 Å². The lowest BCUT2D eigenvalue weighted by Crippen LogP contribution is -2.58. The minimum Gasteiger partial charge on any atom is -0.369 e. The Morgan fingerprint density at radius 1 is 1.45 bits per heavy atom. The van der Waals surface area contributed by atoms with E-state index in [-0.39, 0.29) is 11.9 Å². The van der Waals surface area contributed by atoms with Gasteiger partial charge in [0.25, 0.3) is 5.91 Å². The highest BCUT2D eigenvalue weighted by atomic mass is 79.9. The van der Waals surface area contributed by atoms with Gasteiger partial charge in [-0.15, -0.1) is 0 Å². The number of rotatable bonds is 2. The lowest BCUT2D eigenvalue weighted by Gasteiger charge is -2.36. The van der Waals surface area contributed by atoms with E-state index < -0.39 is 0 Å². The summed E-state index contributed by atoms with van der Waals surface area (Å²) in [4.78, 5) is 14.4. The maximum atomic E-state index is 12.5. The first-order chi connectivity index (χ1) is 9.63. The van der Waals surface area contributed by atoms with Gasteiger partial charge in [0.15, 0.2) is 0 Å². The van der Waals surface area contributed by atoms with E-state index in [2.05, 4.69) is 21.2 Å². The van der Waals surface area contributed by atoms with Crippen LogP contribution in [-0.2, 0) is 4.79 Å². The van der Waals surface area contributed by atoms with Gasteiger partial charge in [0, 0.05) is 31.8 Å². The normalized spacial score (nSPS) is 21.6. The Kier molecular flexibility index (Phi) is 5.11. The van der Waals surface area contributed by atoms with E-state index in [1.54, 1.807) is 6.08 Å². The first-order valence-electron chi connectivity index (χ1n) is 6.45. The molecule has 0 spiro atoms. The average Bonchev–Trinajstić information content (AvgIpc) is 2.48. The van der Waals surface area contributed by atoms with E-state index in [1.807, 2.05) is 22.1 Å². The van der Waals surface area contributed by atoms with Crippen molar-refractivity contribution >= 4 is 27.8 Å². The Morgan fingerprint density at radius 2 is 2.15 bits per heavy atom. The monoisotopic (exact) mass is 339 g/mol. The van der Waals surface area contributed by atoms with Crippen molar-refractivity contribution in [2.24, 2.45) is 5.73 Å². The summed E-state index contributed by atoms with van der Waals surface area (Å²) in [7, 11) is 0.